The summed E-state index contributed by atoms with van der Waals surface area (Å²) in [6.45, 7) is 5.08. The Morgan fingerprint density at radius 1 is 1.50 bits per heavy atom. The second-order valence-corrected chi connectivity index (χ2v) is 6.47. The summed E-state index contributed by atoms with van der Waals surface area (Å²) in [5, 5.41) is 4.83. The molecule has 0 aromatic carbocycles. The summed E-state index contributed by atoms with van der Waals surface area (Å²) in [6, 6.07) is 1.74. The van der Waals surface area contributed by atoms with Crippen LogP contribution in [0.15, 0.2) is 15.7 Å². The lowest BCUT2D eigenvalue weighted by Gasteiger charge is -2.13. The van der Waals surface area contributed by atoms with E-state index in [2.05, 4.69) is 10.0 Å². The van der Waals surface area contributed by atoms with Gasteiger partial charge in [0.2, 0.25) is 0 Å². The molecule has 1 heterocycles. The van der Waals surface area contributed by atoms with Gasteiger partial charge in [0.1, 0.15) is 5.75 Å². The van der Waals surface area contributed by atoms with E-state index in [4.69, 9.17) is 4.74 Å². The molecule has 0 saturated carbocycles. The van der Waals surface area contributed by atoms with E-state index in [1.165, 1.54) is 7.11 Å². The van der Waals surface area contributed by atoms with E-state index in [1.807, 2.05) is 13.8 Å². The standard InChI is InChI=1S/C10H18N2O3S2.ClH/c1-4-11-8(2)7-12-17(13,14)10-9(15-3)5-6-16-10;/h5-6,8,11-12H,4,7H2,1-3H3;1H/t8-;/m1./s1. The second-order valence-electron chi connectivity index (χ2n) is 3.59. The molecular formula is C10H19ClN2O3S2. The maximum absolute atomic E-state index is 12.0. The summed E-state index contributed by atoms with van der Waals surface area (Å²) < 4.78 is 31.7. The van der Waals surface area contributed by atoms with Crippen molar-refractivity contribution in [3.8, 4) is 5.75 Å². The molecule has 18 heavy (non-hydrogen) atoms. The third-order valence-electron chi connectivity index (χ3n) is 2.19. The number of ether oxygens (including phenoxy) is 1. The van der Waals surface area contributed by atoms with Crippen molar-refractivity contribution >= 4 is 33.8 Å². The lowest BCUT2D eigenvalue weighted by Crippen LogP contribution is -2.38. The van der Waals surface area contributed by atoms with Gasteiger partial charge in [-0.2, -0.15) is 0 Å². The number of hydrogen-bond acceptors (Lipinski definition) is 5. The zero-order chi connectivity index (χ0) is 12.9. The SMILES string of the molecule is CCN[C@H](C)CNS(=O)(=O)c1sccc1OC.Cl. The quantitative estimate of drug-likeness (QED) is 0.799. The van der Waals surface area contributed by atoms with Crippen molar-refractivity contribution in [2.75, 3.05) is 20.2 Å². The van der Waals surface area contributed by atoms with Crippen molar-refractivity contribution in [1.29, 1.82) is 0 Å². The molecule has 0 radical (unpaired) electrons. The molecule has 0 amide bonds. The topological polar surface area (TPSA) is 67.4 Å². The molecule has 2 N–H and O–H groups in total. The Morgan fingerprint density at radius 3 is 2.72 bits per heavy atom. The molecule has 0 aliphatic rings. The molecule has 0 aliphatic carbocycles. The third kappa shape index (κ3) is 4.74. The molecule has 106 valence electrons. The number of likely N-dealkylation sites (N-methyl/N-ethyl adjacent to an activating group) is 1. The van der Waals surface area contributed by atoms with Crippen molar-refractivity contribution in [3.63, 3.8) is 0 Å². The van der Waals surface area contributed by atoms with Crippen LogP contribution in [0.4, 0.5) is 0 Å². The van der Waals surface area contributed by atoms with Gasteiger partial charge in [-0.25, -0.2) is 13.1 Å². The van der Waals surface area contributed by atoms with Gasteiger partial charge >= 0.3 is 0 Å². The van der Waals surface area contributed by atoms with Crippen molar-refractivity contribution in [1.82, 2.24) is 10.0 Å². The zero-order valence-electron chi connectivity index (χ0n) is 10.6. The first kappa shape index (κ1) is 17.7. The average molecular weight is 315 g/mol. The maximum Gasteiger partial charge on any atom is 0.253 e. The number of sulfonamides is 1. The summed E-state index contributed by atoms with van der Waals surface area (Å²) in [4.78, 5) is 0. The fourth-order valence-electron chi connectivity index (χ4n) is 1.35. The normalized spacial score (nSPS) is 12.8. The number of rotatable bonds is 7. The minimum atomic E-state index is -3.47. The van der Waals surface area contributed by atoms with Gasteiger partial charge in [0.15, 0.2) is 4.21 Å². The summed E-state index contributed by atoms with van der Waals surface area (Å²) >= 11 is 1.15. The largest absolute Gasteiger partial charge is 0.494 e. The second kappa shape index (κ2) is 7.96. The van der Waals surface area contributed by atoms with Crippen molar-refractivity contribution < 1.29 is 13.2 Å². The van der Waals surface area contributed by atoms with Crippen LogP contribution in [0.3, 0.4) is 0 Å². The van der Waals surface area contributed by atoms with Gasteiger partial charge < -0.3 is 10.1 Å². The summed E-state index contributed by atoms with van der Waals surface area (Å²) in [6.07, 6.45) is 0. The average Bonchev–Trinajstić information content (AvgIpc) is 2.76. The van der Waals surface area contributed by atoms with E-state index in [-0.39, 0.29) is 22.7 Å². The van der Waals surface area contributed by atoms with Crippen molar-refractivity contribution in [2.24, 2.45) is 0 Å². The maximum atomic E-state index is 12.0. The first-order valence-electron chi connectivity index (χ1n) is 5.35. The molecule has 0 saturated heterocycles. The van der Waals surface area contributed by atoms with Crippen LogP contribution < -0.4 is 14.8 Å². The number of halogens is 1. The van der Waals surface area contributed by atoms with Crippen LogP contribution in [0.1, 0.15) is 13.8 Å². The van der Waals surface area contributed by atoms with Crippen molar-refractivity contribution in [3.05, 3.63) is 11.4 Å². The van der Waals surface area contributed by atoms with Gasteiger partial charge in [0, 0.05) is 12.6 Å². The Balaban J connectivity index is 0.00000289. The molecule has 1 rings (SSSR count). The highest BCUT2D eigenvalue weighted by molar-refractivity contribution is 7.91. The molecule has 1 aromatic rings. The lowest BCUT2D eigenvalue weighted by molar-refractivity contribution is 0.406. The highest BCUT2D eigenvalue weighted by Crippen LogP contribution is 2.28. The van der Waals surface area contributed by atoms with E-state index >= 15 is 0 Å². The summed E-state index contributed by atoms with van der Waals surface area (Å²) in [5.74, 6) is 0.388. The number of thiophene rings is 1. The highest BCUT2D eigenvalue weighted by atomic mass is 35.5. The van der Waals surface area contributed by atoms with Crippen LogP contribution in [-0.4, -0.2) is 34.7 Å². The first-order valence-corrected chi connectivity index (χ1v) is 7.72. The van der Waals surface area contributed by atoms with Crippen LogP contribution in [0.25, 0.3) is 0 Å². The molecule has 0 fully saturated rings. The molecule has 0 unspecified atom stereocenters. The number of hydrogen-bond donors (Lipinski definition) is 2. The molecule has 1 aromatic heterocycles. The van der Waals surface area contributed by atoms with Gasteiger partial charge in [-0.05, 0) is 24.9 Å². The molecule has 8 heteroatoms. The van der Waals surface area contributed by atoms with E-state index < -0.39 is 10.0 Å². The van der Waals surface area contributed by atoms with Crippen LogP contribution in [0, 0.1) is 0 Å². The first-order chi connectivity index (χ1) is 8.01. The number of methoxy groups -OCH3 is 1. The highest BCUT2D eigenvalue weighted by Gasteiger charge is 2.21. The molecule has 0 bridgehead atoms. The van der Waals surface area contributed by atoms with E-state index in [0.29, 0.717) is 12.3 Å². The fourth-order valence-corrected chi connectivity index (χ4v) is 3.80. The predicted molar refractivity (Wildman–Crippen MR) is 76.4 cm³/mol. The molecular weight excluding hydrogens is 296 g/mol. The van der Waals surface area contributed by atoms with Crippen LogP contribution >= 0.6 is 23.7 Å². The monoisotopic (exact) mass is 314 g/mol. The van der Waals surface area contributed by atoms with Gasteiger partial charge in [0.05, 0.1) is 7.11 Å². The Labute approximate surface area is 118 Å². The zero-order valence-corrected chi connectivity index (χ0v) is 13.0. The van der Waals surface area contributed by atoms with E-state index in [1.54, 1.807) is 11.4 Å². The van der Waals surface area contributed by atoms with E-state index in [0.717, 1.165) is 17.9 Å². The van der Waals surface area contributed by atoms with Crippen molar-refractivity contribution in [2.45, 2.75) is 24.1 Å². The van der Waals surface area contributed by atoms with Gasteiger partial charge in [-0.1, -0.05) is 6.92 Å². The molecule has 5 nitrogen and oxygen atoms in total. The Hall–Kier alpha value is -0.340. The van der Waals surface area contributed by atoms with Gasteiger partial charge in [-0.3, -0.25) is 0 Å². The van der Waals surface area contributed by atoms with Gasteiger partial charge in [-0.15, -0.1) is 23.7 Å². The minimum absolute atomic E-state index is 0. The van der Waals surface area contributed by atoms with Crippen LogP contribution in [0.2, 0.25) is 0 Å². The summed E-state index contributed by atoms with van der Waals surface area (Å²) in [7, 11) is -2.01. The Bertz CT molecular complexity index is 448. The van der Waals surface area contributed by atoms with Crippen LogP contribution in [0.5, 0.6) is 5.75 Å². The van der Waals surface area contributed by atoms with Gasteiger partial charge in [0.25, 0.3) is 10.0 Å². The Morgan fingerprint density at radius 2 is 2.17 bits per heavy atom. The van der Waals surface area contributed by atoms with E-state index in [9.17, 15) is 8.42 Å². The number of nitrogens with one attached hydrogen (secondary N) is 2. The lowest BCUT2D eigenvalue weighted by atomic mass is 10.3. The smallest absolute Gasteiger partial charge is 0.253 e. The fraction of sp³-hybridized carbons (Fsp3) is 0.600. The third-order valence-corrected chi connectivity index (χ3v) is 5.06. The molecule has 1 atom stereocenters. The summed E-state index contributed by atoms with van der Waals surface area (Å²) in [5.41, 5.74) is 0. The minimum Gasteiger partial charge on any atom is -0.494 e. The predicted octanol–water partition coefficient (Wildman–Crippen LogP) is 1.45. The molecule has 0 aliphatic heterocycles. The Kier molecular flexibility index (Phi) is 7.81. The molecule has 0 spiro atoms. The van der Waals surface area contributed by atoms with Crippen LogP contribution in [-0.2, 0) is 10.0 Å².